The van der Waals surface area contributed by atoms with Crippen LogP contribution in [0, 0.1) is 10.7 Å². The molecule has 1 N–H and O–H groups in total. The van der Waals surface area contributed by atoms with Gasteiger partial charge in [-0.3, -0.25) is 9.78 Å². The molecule has 2 rings (SSSR count). The van der Waals surface area contributed by atoms with Gasteiger partial charge in [-0.1, -0.05) is 11.6 Å². The number of nitrogens with one attached hydrogen (secondary N) is 1. The molecule has 0 atom stereocenters. The predicted molar refractivity (Wildman–Crippen MR) is 102 cm³/mol. The standard InChI is InChI=1S/C12H6ClI3N2O/c13-8-1-2-17-5-7(8)12(19)18-11-9(15)3-6(14)4-10(11)16/h1-5H,(H,18,19). The summed E-state index contributed by atoms with van der Waals surface area (Å²) in [7, 11) is 0. The van der Waals surface area contributed by atoms with E-state index in [2.05, 4.69) is 78.1 Å². The molecule has 2 aromatic rings. The van der Waals surface area contributed by atoms with Crippen LogP contribution in [0.15, 0.2) is 30.6 Å². The zero-order chi connectivity index (χ0) is 14.0. The second kappa shape index (κ2) is 6.85. The van der Waals surface area contributed by atoms with Crippen molar-refractivity contribution in [3.05, 3.63) is 51.9 Å². The molecule has 0 saturated carbocycles. The lowest BCUT2D eigenvalue weighted by atomic mass is 10.2. The summed E-state index contributed by atoms with van der Waals surface area (Å²) in [5, 5.41) is 3.27. The summed E-state index contributed by atoms with van der Waals surface area (Å²) < 4.78 is 3.10. The fourth-order valence-electron chi connectivity index (χ4n) is 1.39. The van der Waals surface area contributed by atoms with Gasteiger partial charge >= 0.3 is 0 Å². The van der Waals surface area contributed by atoms with Crippen molar-refractivity contribution in [1.82, 2.24) is 4.98 Å². The minimum absolute atomic E-state index is 0.254. The highest BCUT2D eigenvalue weighted by Crippen LogP contribution is 2.28. The van der Waals surface area contributed by atoms with E-state index in [1.165, 1.54) is 6.20 Å². The highest BCUT2D eigenvalue weighted by atomic mass is 127. The van der Waals surface area contributed by atoms with Gasteiger partial charge in [-0.15, -0.1) is 0 Å². The Kier molecular flexibility index (Phi) is 5.66. The Bertz CT molecular complexity index is 626. The summed E-state index contributed by atoms with van der Waals surface area (Å²) >= 11 is 12.6. The molecular weight excluding hydrogens is 604 g/mol. The molecular formula is C12H6ClI3N2O. The summed E-state index contributed by atoms with van der Waals surface area (Å²) in [5.41, 5.74) is 1.17. The number of halogens is 4. The average molecular weight is 610 g/mol. The van der Waals surface area contributed by atoms with Crippen LogP contribution >= 0.6 is 79.4 Å². The van der Waals surface area contributed by atoms with Crippen LogP contribution in [0.3, 0.4) is 0 Å². The summed E-state index contributed by atoms with van der Waals surface area (Å²) in [6, 6.07) is 5.60. The highest BCUT2D eigenvalue weighted by Gasteiger charge is 2.14. The van der Waals surface area contributed by atoms with Crippen molar-refractivity contribution in [2.75, 3.05) is 5.32 Å². The Morgan fingerprint density at radius 3 is 2.42 bits per heavy atom. The molecule has 0 bridgehead atoms. The Balaban J connectivity index is 2.32. The van der Waals surface area contributed by atoms with Gasteiger partial charge in [-0.25, -0.2) is 0 Å². The minimum Gasteiger partial charge on any atom is -0.320 e. The molecule has 1 aromatic carbocycles. The van der Waals surface area contributed by atoms with Gasteiger partial charge in [0.25, 0.3) is 5.91 Å². The summed E-state index contributed by atoms with van der Waals surface area (Å²) in [5.74, 6) is -0.254. The molecule has 19 heavy (non-hydrogen) atoms. The molecule has 3 nitrogen and oxygen atoms in total. The second-order valence-corrected chi connectivity index (χ2v) is 7.53. The first-order valence-electron chi connectivity index (χ1n) is 5.04. The third kappa shape index (κ3) is 3.91. The largest absolute Gasteiger partial charge is 0.320 e. The van der Waals surface area contributed by atoms with E-state index in [0.717, 1.165) is 16.4 Å². The average Bonchev–Trinajstić information content (AvgIpc) is 2.34. The van der Waals surface area contributed by atoms with Crippen molar-refractivity contribution in [2.24, 2.45) is 0 Å². The van der Waals surface area contributed by atoms with Gasteiger partial charge in [0.15, 0.2) is 0 Å². The number of hydrogen-bond donors (Lipinski definition) is 1. The van der Waals surface area contributed by atoms with E-state index in [0.29, 0.717) is 10.6 Å². The number of nitrogens with zero attached hydrogens (tertiary/aromatic N) is 1. The van der Waals surface area contributed by atoms with E-state index in [4.69, 9.17) is 11.6 Å². The van der Waals surface area contributed by atoms with E-state index in [1.807, 2.05) is 12.1 Å². The first-order chi connectivity index (χ1) is 8.99. The monoisotopic (exact) mass is 610 g/mol. The summed E-state index contributed by atoms with van der Waals surface area (Å²) in [4.78, 5) is 16.1. The molecule has 0 radical (unpaired) electrons. The molecule has 0 aliphatic heterocycles. The number of rotatable bonds is 2. The van der Waals surface area contributed by atoms with Crippen molar-refractivity contribution in [3.63, 3.8) is 0 Å². The van der Waals surface area contributed by atoms with Gasteiger partial charge in [0.2, 0.25) is 0 Å². The van der Waals surface area contributed by atoms with E-state index in [-0.39, 0.29) is 5.91 Å². The number of aromatic nitrogens is 1. The third-order valence-corrected chi connectivity index (χ3v) is 4.91. The van der Waals surface area contributed by atoms with Gasteiger partial charge in [-0.05, 0) is 86.0 Å². The number of carbonyl (C=O) groups excluding carboxylic acids is 1. The van der Waals surface area contributed by atoms with Gasteiger partial charge < -0.3 is 5.32 Å². The van der Waals surface area contributed by atoms with Crippen molar-refractivity contribution >= 4 is 91.0 Å². The number of anilines is 1. The van der Waals surface area contributed by atoms with Gasteiger partial charge in [0, 0.05) is 23.1 Å². The number of benzene rings is 1. The summed E-state index contributed by atoms with van der Waals surface area (Å²) in [6.07, 6.45) is 3.02. The van der Waals surface area contributed by atoms with Gasteiger partial charge in [0.05, 0.1) is 16.3 Å². The molecule has 0 aliphatic rings. The maximum atomic E-state index is 12.2. The molecule has 0 spiro atoms. The minimum atomic E-state index is -0.254. The van der Waals surface area contributed by atoms with E-state index < -0.39 is 0 Å². The van der Waals surface area contributed by atoms with Crippen LogP contribution in [-0.2, 0) is 0 Å². The lowest BCUT2D eigenvalue weighted by Gasteiger charge is -2.11. The Labute approximate surface area is 156 Å². The maximum absolute atomic E-state index is 12.2. The van der Waals surface area contributed by atoms with Crippen LogP contribution in [0.5, 0.6) is 0 Å². The van der Waals surface area contributed by atoms with Crippen molar-refractivity contribution in [3.8, 4) is 0 Å². The third-order valence-electron chi connectivity index (χ3n) is 2.26. The molecule has 0 aliphatic carbocycles. The lowest BCUT2D eigenvalue weighted by Crippen LogP contribution is -2.14. The second-order valence-electron chi connectivity index (χ2n) is 3.55. The van der Waals surface area contributed by atoms with Crippen LogP contribution < -0.4 is 5.32 Å². The summed E-state index contributed by atoms with van der Waals surface area (Å²) in [6.45, 7) is 0. The lowest BCUT2D eigenvalue weighted by molar-refractivity contribution is 0.102. The molecule has 1 amide bonds. The van der Waals surface area contributed by atoms with Gasteiger partial charge in [0.1, 0.15) is 0 Å². The van der Waals surface area contributed by atoms with Gasteiger partial charge in [-0.2, -0.15) is 0 Å². The van der Waals surface area contributed by atoms with E-state index in [9.17, 15) is 4.79 Å². The smallest absolute Gasteiger partial charge is 0.258 e. The first-order valence-corrected chi connectivity index (χ1v) is 8.66. The molecule has 98 valence electrons. The van der Waals surface area contributed by atoms with Crippen molar-refractivity contribution < 1.29 is 4.79 Å². The molecule has 1 heterocycles. The highest BCUT2D eigenvalue weighted by molar-refractivity contribution is 14.1. The molecule has 7 heteroatoms. The molecule has 0 fully saturated rings. The Morgan fingerprint density at radius 2 is 1.84 bits per heavy atom. The van der Waals surface area contributed by atoms with Crippen LogP contribution in [0.2, 0.25) is 5.02 Å². The fraction of sp³-hybridized carbons (Fsp3) is 0. The van der Waals surface area contributed by atoms with Crippen molar-refractivity contribution in [1.29, 1.82) is 0 Å². The maximum Gasteiger partial charge on any atom is 0.258 e. The van der Waals surface area contributed by atoms with E-state index >= 15 is 0 Å². The predicted octanol–water partition coefficient (Wildman–Crippen LogP) is 4.80. The molecule has 1 aromatic heterocycles. The Morgan fingerprint density at radius 1 is 1.21 bits per heavy atom. The number of carbonyl (C=O) groups is 1. The number of amides is 1. The quantitative estimate of drug-likeness (QED) is 0.497. The van der Waals surface area contributed by atoms with Crippen molar-refractivity contribution in [2.45, 2.75) is 0 Å². The van der Waals surface area contributed by atoms with Crippen LogP contribution in [-0.4, -0.2) is 10.9 Å². The van der Waals surface area contributed by atoms with Crippen LogP contribution in [0.4, 0.5) is 5.69 Å². The van der Waals surface area contributed by atoms with Crippen LogP contribution in [0.1, 0.15) is 10.4 Å². The zero-order valence-corrected chi connectivity index (χ0v) is 16.5. The molecule has 0 unspecified atom stereocenters. The number of pyridine rings is 1. The number of hydrogen-bond acceptors (Lipinski definition) is 2. The van der Waals surface area contributed by atoms with Crippen LogP contribution in [0.25, 0.3) is 0 Å². The molecule has 0 saturated heterocycles. The normalized spacial score (nSPS) is 10.3. The fourth-order valence-corrected chi connectivity index (χ4v) is 5.43. The SMILES string of the molecule is O=C(Nc1c(I)cc(I)cc1I)c1cnccc1Cl. The Hall–Kier alpha value is 0.320. The first kappa shape index (κ1) is 15.7. The topological polar surface area (TPSA) is 42.0 Å². The van der Waals surface area contributed by atoms with E-state index in [1.54, 1.807) is 12.3 Å². The zero-order valence-electron chi connectivity index (χ0n) is 9.25.